The van der Waals surface area contributed by atoms with E-state index >= 15 is 0 Å². The van der Waals surface area contributed by atoms with Gasteiger partial charge < -0.3 is 9.17 Å². The highest BCUT2D eigenvalue weighted by molar-refractivity contribution is 7.88. The van der Waals surface area contributed by atoms with Crippen LogP contribution in [0.25, 0.3) is 10.9 Å². The highest BCUT2D eigenvalue weighted by Crippen LogP contribution is 2.38. The quantitative estimate of drug-likeness (QED) is 0.0668. The van der Waals surface area contributed by atoms with Gasteiger partial charge in [-0.2, -0.15) is 26.9 Å². The molecule has 0 aliphatic rings. The molecule has 96 heavy (non-hydrogen) atoms. The highest BCUT2D eigenvalue weighted by Gasteiger charge is 2.49. The summed E-state index contributed by atoms with van der Waals surface area (Å²) in [4.78, 5) is 2.67. The molecule has 14 rings (SSSR count). The van der Waals surface area contributed by atoms with Crippen molar-refractivity contribution in [2.45, 2.75) is 5.51 Å². The SMILES string of the molecule is N#Cc1c[nH]c2cc(Cl)c(OS(=O)(=O)C(F)(F)F)cc12.c1ccc(P(c2ccccc2)c2ccccc2)cc1.c1ccc(P(c2ccccc2)c2ccccc2)cc1.c1ccc(P(c2ccccc2)c2ccccc2)cc1.c1ccc(P(c2ccccc2)c2ccccc2)cc1. The van der Waals surface area contributed by atoms with E-state index in [4.69, 9.17) is 16.9 Å². The van der Waals surface area contributed by atoms with Gasteiger partial charge in [-0.1, -0.05) is 376 Å². The van der Waals surface area contributed by atoms with Gasteiger partial charge in [0.15, 0.2) is 5.75 Å². The van der Waals surface area contributed by atoms with E-state index in [-0.39, 0.29) is 16.0 Å². The van der Waals surface area contributed by atoms with Crippen molar-refractivity contribution < 1.29 is 25.8 Å². The van der Waals surface area contributed by atoms with Gasteiger partial charge in [0.2, 0.25) is 0 Å². The molecule has 1 N–H and O–H groups in total. The number of hydrogen-bond donors (Lipinski definition) is 1. The Hall–Kier alpha value is -9.56. The average molecular weight is 1370 g/mol. The van der Waals surface area contributed by atoms with Gasteiger partial charge in [0, 0.05) is 17.1 Å². The van der Waals surface area contributed by atoms with Gasteiger partial charge in [-0.15, -0.1) is 0 Å². The van der Waals surface area contributed by atoms with Gasteiger partial charge >= 0.3 is 15.6 Å². The Morgan fingerprint density at radius 3 is 0.688 bits per heavy atom. The highest BCUT2D eigenvalue weighted by atomic mass is 35.5. The Kier molecular flexibility index (Phi) is 25.4. The van der Waals surface area contributed by atoms with Crippen molar-refractivity contribution in [2.24, 2.45) is 0 Å². The fourth-order valence-corrected chi connectivity index (χ4v) is 20.1. The number of fused-ring (bicyclic) bond motifs is 1. The van der Waals surface area contributed by atoms with Crippen LogP contribution in [0.15, 0.2) is 382 Å². The minimum absolute atomic E-state index is 0.117. The van der Waals surface area contributed by atoms with Crippen molar-refractivity contribution in [3.63, 3.8) is 0 Å². The predicted molar refractivity (Wildman–Crippen MR) is 404 cm³/mol. The number of nitrogens with zero attached hydrogens (tertiary/aromatic N) is 1. The molecular weight excluding hydrogens is 1310 g/mol. The molecule has 474 valence electrons. The summed E-state index contributed by atoms with van der Waals surface area (Å²) >= 11 is 5.65. The lowest BCUT2D eigenvalue weighted by molar-refractivity contribution is -0.0500. The Bertz CT molecular complexity index is 3890. The molecule has 0 unspecified atom stereocenters. The third-order valence-corrected chi connectivity index (χ3v) is 25.5. The van der Waals surface area contributed by atoms with Crippen LogP contribution in [0.2, 0.25) is 5.02 Å². The third kappa shape index (κ3) is 19.1. The van der Waals surface area contributed by atoms with Crippen molar-refractivity contribution in [1.29, 1.82) is 5.26 Å². The minimum atomic E-state index is -5.82. The van der Waals surface area contributed by atoms with Crippen molar-refractivity contribution in [2.75, 3.05) is 0 Å². The van der Waals surface area contributed by atoms with Crippen LogP contribution in [-0.2, 0) is 10.1 Å². The first-order chi connectivity index (χ1) is 47.0. The van der Waals surface area contributed by atoms with Gasteiger partial charge in [-0.05, 0) is 107 Å². The molecular formula is C82H64ClF3N2O3P4S. The van der Waals surface area contributed by atoms with E-state index in [0.29, 0.717) is 5.52 Å². The summed E-state index contributed by atoms with van der Waals surface area (Å²) in [6.07, 6.45) is 1.31. The molecule has 0 bridgehead atoms. The molecule has 0 saturated carbocycles. The fourth-order valence-electron chi connectivity index (χ4n) is 10.2. The fraction of sp³-hybridized carbons (Fsp3) is 0.0122. The summed E-state index contributed by atoms with van der Waals surface area (Å²) in [7, 11) is -7.61. The summed E-state index contributed by atoms with van der Waals surface area (Å²) in [5.74, 6) is -0.701. The second kappa shape index (κ2) is 35.3. The Morgan fingerprint density at radius 1 is 0.333 bits per heavy atom. The first-order valence-electron chi connectivity index (χ1n) is 30.5. The van der Waals surface area contributed by atoms with Gasteiger partial charge in [0.05, 0.1) is 10.6 Å². The maximum atomic E-state index is 12.2. The zero-order valence-corrected chi connectivity index (χ0v) is 56.9. The number of benzene rings is 13. The molecule has 14 aromatic rings. The molecule has 0 radical (unpaired) electrons. The van der Waals surface area contributed by atoms with E-state index < -0.39 is 53.1 Å². The first-order valence-corrected chi connectivity index (χ1v) is 37.6. The first kappa shape index (κ1) is 69.3. The number of rotatable bonds is 14. The standard InChI is InChI=1S/4C18H15P.C10H4ClF3N2O3S/c4*1-4-10-16(11-5-1)19(17-12-6-2-7-13-17)18-14-8-3-9-15-18;11-7-2-8-6(5(3-15)4-16-8)1-9(7)19-20(17,18)10(12,13)14/h4*1-15H;1-2,4,16H. The van der Waals surface area contributed by atoms with E-state index in [0.717, 1.165) is 6.07 Å². The molecule has 0 atom stereocenters. The van der Waals surface area contributed by atoms with E-state index in [1.807, 2.05) is 0 Å². The Balaban J connectivity index is 0.000000131. The Labute approximate surface area is 570 Å². The van der Waals surface area contributed by atoms with Crippen molar-refractivity contribution in [3.05, 3.63) is 393 Å². The molecule has 0 spiro atoms. The number of alkyl halides is 3. The number of nitrogens with one attached hydrogen (secondary N) is 1. The van der Waals surface area contributed by atoms with Crippen LogP contribution in [-0.4, -0.2) is 18.9 Å². The number of nitriles is 1. The molecule has 13 aromatic carbocycles. The molecule has 14 heteroatoms. The molecule has 0 aliphatic heterocycles. The molecule has 0 amide bonds. The second-order valence-electron chi connectivity index (χ2n) is 21.0. The van der Waals surface area contributed by atoms with Crippen LogP contribution in [0, 0.1) is 11.3 Å². The van der Waals surface area contributed by atoms with Crippen LogP contribution in [0.4, 0.5) is 13.2 Å². The molecule has 5 nitrogen and oxygen atoms in total. The van der Waals surface area contributed by atoms with Crippen LogP contribution in [0.1, 0.15) is 5.56 Å². The van der Waals surface area contributed by atoms with Crippen molar-refractivity contribution in [1.82, 2.24) is 4.98 Å². The van der Waals surface area contributed by atoms with Crippen LogP contribution >= 0.6 is 43.3 Å². The lowest BCUT2D eigenvalue weighted by Crippen LogP contribution is -2.28. The smallest absolute Gasteiger partial charge is 0.374 e. The summed E-state index contributed by atoms with van der Waals surface area (Å²) < 4.78 is 62.5. The number of aromatic nitrogens is 1. The van der Waals surface area contributed by atoms with Crippen LogP contribution in [0.3, 0.4) is 0 Å². The third-order valence-electron chi connectivity index (χ3n) is 14.5. The largest absolute Gasteiger partial charge is 0.534 e. The van der Waals surface area contributed by atoms with Gasteiger partial charge in [-0.25, -0.2) is 0 Å². The molecule has 1 heterocycles. The maximum Gasteiger partial charge on any atom is 0.534 e. The normalized spacial score (nSPS) is 10.9. The summed E-state index contributed by atoms with van der Waals surface area (Å²) in [5, 5.41) is 25.4. The van der Waals surface area contributed by atoms with E-state index in [2.05, 4.69) is 373 Å². The molecule has 0 aliphatic carbocycles. The van der Waals surface area contributed by atoms with Crippen LogP contribution < -0.4 is 67.8 Å². The van der Waals surface area contributed by atoms with Gasteiger partial charge in [0.25, 0.3) is 0 Å². The number of H-pyrrole nitrogens is 1. The number of aromatic amines is 1. The average Bonchev–Trinajstić information content (AvgIpc) is 1.56. The lowest BCUT2D eigenvalue weighted by Gasteiger charge is -2.18. The predicted octanol–water partition coefficient (Wildman–Crippen LogP) is 16.7. The second-order valence-corrected chi connectivity index (χ2v) is 31.8. The Morgan fingerprint density at radius 2 is 0.521 bits per heavy atom. The molecule has 0 saturated heterocycles. The van der Waals surface area contributed by atoms with E-state index in [9.17, 15) is 21.6 Å². The number of hydrogen-bond acceptors (Lipinski definition) is 4. The van der Waals surface area contributed by atoms with Crippen LogP contribution in [0.5, 0.6) is 5.75 Å². The van der Waals surface area contributed by atoms with Crippen molar-refractivity contribution in [3.8, 4) is 11.8 Å². The maximum absolute atomic E-state index is 12.2. The monoisotopic (exact) mass is 1370 g/mol. The number of halogens is 4. The lowest BCUT2D eigenvalue weighted by atomic mass is 10.2. The zero-order valence-electron chi connectivity index (χ0n) is 51.8. The molecule has 1 aromatic heterocycles. The van der Waals surface area contributed by atoms with E-state index in [1.165, 1.54) is 75.9 Å². The summed E-state index contributed by atoms with van der Waals surface area (Å²) in [6, 6.07) is 133. The van der Waals surface area contributed by atoms with Gasteiger partial charge in [-0.3, -0.25) is 0 Å². The minimum Gasteiger partial charge on any atom is -0.374 e. The topological polar surface area (TPSA) is 82.9 Å². The summed E-state index contributed by atoms with van der Waals surface area (Å²) in [6.45, 7) is 0. The van der Waals surface area contributed by atoms with Crippen molar-refractivity contribution >= 4 is 128 Å². The van der Waals surface area contributed by atoms with E-state index in [1.54, 1.807) is 6.07 Å². The zero-order chi connectivity index (χ0) is 66.8. The van der Waals surface area contributed by atoms with Gasteiger partial charge in [0.1, 0.15) is 6.07 Å². The summed E-state index contributed by atoms with van der Waals surface area (Å²) in [5.41, 5.74) is -5.09. The molecule has 0 fully saturated rings.